The van der Waals surface area contributed by atoms with Gasteiger partial charge < -0.3 is 10.1 Å². The molecule has 0 radical (unpaired) electrons. The van der Waals surface area contributed by atoms with Gasteiger partial charge in [-0.2, -0.15) is 12.7 Å². The van der Waals surface area contributed by atoms with Crippen LogP contribution in [0.2, 0.25) is 0 Å². The van der Waals surface area contributed by atoms with Gasteiger partial charge in [0.05, 0.1) is 6.61 Å². The topological polar surface area (TPSA) is 87.7 Å². The molecule has 2 N–H and O–H groups in total. The van der Waals surface area contributed by atoms with Crippen LogP contribution in [0.3, 0.4) is 0 Å². The lowest BCUT2D eigenvalue weighted by atomic mass is 9.89. The number of nitrogens with zero attached hydrogens (tertiary/aromatic N) is 1. The monoisotopic (exact) mass is 305 g/mol. The minimum atomic E-state index is -3.76. The largest absolute Gasteiger partial charge is 0.449 e. The zero-order valence-corrected chi connectivity index (χ0v) is 12.6. The van der Waals surface area contributed by atoms with Crippen molar-refractivity contribution in [1.82, 2.24) is 14.3 Å². The van der Waals surface area contributed by atoms with Gasteiger partial charge in [-0.15, -0.1) is 0 Å². The number of nitrogens with one attached hydrogen (secondary N) is 2. The van der Waals surface area contributed by atoms with E-state index in [1.807, 2.05) is 4.72 Å². The summed E-state index contributed by atoms with van der Waals surface area (Å²) in [7, 11) is -3.76. The summed E-state index contributed by atoms with van der Waals surface area (Å²) in [5, 5.41) is 3.47. The van der Waals surface area contributed by atoms with E-state index in [-0.39, 0.29) is 6.61 Å². The third-order valence-corrected chi connectivity index (χ3v) is 5.46. The fourth-order valence-corrected chi connectivity index (χ4v) is 4.05. The van der Waals surface area contributed by atoms with Crippen LogP contribution in [0.25, 0.3) is 0 Å². The summed E-state index contributed by atoms with van der Waals surface area (Å²) >= 11 is 0. The van der Waals surface area contributed by atoms with Crippen LogP contribution in [0.15, 0.2) is 0 Å². The molecule has 0 bridgehead atoms. The van der Waals surface area contributed by atoms with E-state index in [2.05, 4.69) is 10.1 Å². The minimum Gasteiger partial charge on any atom is -0.449 e. The second-order valence-electron chi connectivity index (χ2n) is 5.27. The highest BCUT2D eigenvalue weighted by molar-refractivity contribution is 7.87. The Balaban J connectivity index is 1.84. The predicted molar refractivity (Wildman–Crippen MR) is 74.4 cm³/mol. The third kappa shape index (κ3) is 3.83. The molecule has 1 atom stereocenters. The Morgan fingerprint density at radius 1 is 1.35 bits per heavy atom. The van der Waals surface area contributed by atoms with Crippen LogP contribution in [-0.4, -0.2) is 51.1 Å². The Kier molecular flexibility index (Phi) is 5.22. The molecule has 2 fully saturated rings. The van der Waals surface area contributed by atoms with Gasteiger partial charge in [0.15, 0.2) is 0 Å². The minimum absolute atomic E-state index is 0.150. The van der Waals surface area contributed by atoms with Gasteiger partial charge in [-0.1, -0.05) is 0 Å². The summed E-state index contributed by atoms with van der Waals surface area (Å²) in [6, 6.07) is 0.526. The first-order chi connectivity index (χ1) is 9.53. The van der Waals surface area contributed by atoms with Gasteiger partial charge in [-0.25, -0.2) is 9.52 Å². The molecule has 0 aromatic rings. The molecule has 0 aliphatic carbocycles. The van der Waals surface area contributed by atoms with Gasteiger partial charge in [-0.3, -0.25) is 0 Å². The lowest BCUT2D eigenvalue weighted by molar-refractivity contribution is 0.157. The molecule has 0 saturated carbocycles. The molecule has 0 aromatic heterocycles. The maximum atomic E-state index is 12.0. The van der Waals surface area contributed by atoms with E-state index >= 15 is 0 Å². The fourth-order valence-electron chi connectivity index (χ4n) is 2.96. The van der Waals surface area contributed by atoms with E-state index < -0.39 is 16.3 Å². The van der Waals surface area contributed by atoms with E-state index in [0.29, 0.717) is 25.0 Å². The summed E-state index contributed by atoms with van der Waals surface area (Å²) < 4.78 is 31.9. The molecule has 2 rings (SSSR count). The highest BCUT2D eigenvalue weighted by Gasteiger charge is 2.33. The maximum Gasteiger partial charge on any atom is 0.421 e. The van der Waals surface area contributed by atoms with Crippen molar-refractivity contribution in [2.75, 3.05) is 26.2 Å². The zero-order chi connectivity index (χ0) is 14.6. The van der Waals surface area contributed by atoms with Gasteiger partial charge in [0.2, 0.25) is 0 Å². The standard InChI is InChI=1S/C12H23N3O4S/c1-2-19-12(16)14-20(17,18)15-8-5-10(6-9-15)11-4-3-7-13-11/h10-11,13H,2-9H2,1H3,(H,14,16). The van der Waals surface area contributed by atoms with Crippen molar-refractivity contribution in [3.05, 3.63) is 0 Å². The number of rotatable bonds is 4. The smallest absolute Gasteiger partial charge is 0.421 e. The molecule has 0 spiro atoms. The highest BCUT2D eigenvalue weighted by Crippen LogP contribution is 2.26. The van der Waals surface area contributed by atoms with Crippen LogP contribution >= 0.6 is 0 Å². The fraction of sp³-hybridized carbons (Fsp3) is 0.917. The molecule has 2 heterocycles. The average molecular weight is 305 g/mol. The van der Waals surface area contributed by atoms with Gasteiger partial charge in [0, 0.05) is 19.1 Å². The van der Waals surface area contributed by atoms with Gasteiger partial charge in [0.1, 0.15) is 0 Å². The predicted octanol–water partition coefficient (Wildman–Crippen LogP) is 0.441. The van der Waals surface area contributed by atoms with E-state index in [9.17, 15) is 13.2 Å². The quantitative estimate of drug-likeness (QED) is 0.787. The summed E-state index contributed by atoms with van der Waals surface area (Å²) in [6.45, 7) is 3.76. The number of ether oxygens (including phenoxy) is 1. The number of amides is 1. The van der Waals surface area contributed by atoms with Crippen LogP contribution in [0.5, 0.6) is 0 Å². The number of hydrogen-bond acceptors (Lipinski definition) is 5. The first-order valence-electron chi connectivity index (χ1n) is 7.21. The van der Waals surface area contributed by atoms with Crippen LogP contribution in [-0.2, 0) is 14.9 Å². The van der Waals surface area contributed by atoms with Crippen LogP contribution in [0, 0.1) is 5.92 Å². The molecule has 1 unspecified atom stereocenters. The Morgan fingerprint density at radius 3 is 2.60 bits per heavy atom. The lowest BCUT2D eigenvalue weighted by Gasteiger charge is -2.33. The normalized spacial score (nSPS) is 25.6. The molecule has 2 aliphatic heterocycles. The number of piperidine rings is 1. The molecule has 116 valence electrons. The number of carbonyl (C=O) groups is 1. The van der Waals surface area contributed by atoms with Gasteiger partial charge in [-0.05, 0) is 45.1 Å². The Bertz CT molecular complexity index is 426. The van der Waals surface area contributed by atoms with Crippen molar-refractivity contribution in [2.45, 2.75) is 38.6 Å². The Hall–Kier alpha value is -0.860. The van der Waals surface area contributed by atoms with Crippen molar-refractivity contribution in [3.63, 3.8) is 0 Å². The molecular weight excluding hydrogens is 282 g/mol. The van der Waals surface area contributed by atoms with E-state index in [4.69, 9.17) is 0 Å². The molecule has 7 nitrogen and oxygen atoms in total. The molecule has 0 aromatic carbocycles. The highest BCUT2D eigenvalue weighted by atomic mass is 32.2. The zero-order valence-electron chi connectivity index (χ0n) is 11.8. The second kappa shape index (κ2) is 6.73. The Labute approximate surface area is 120 Å². The van der Waals surface area contributed by atoms with Crippen LogP contribution in [0.4, 0.5) is 4.79 Å². The summed E-state index contributed by atoms with van der Waals surface area (Å²) in [5.74, 6) is 0.534. The van der Waals surface area contributed by atoms with Gasteiger partial charge in [0.25, 0.3) is 0 Å². The molecule has 8 heteroatoms. The SMILES string of the molecule is CCOC(=O)NS(=O)(=O)N1CCC(C2CCCN2)CC1. The number of carbonyl (C=O) groups excluding carboxylic acids is 1. The summed E-state index contributed by atoms with van der Waals surface area (Å²) in [6.07, 6.45) is 3.14. The first-order valence-corrected chi connectivity index (χ1v) is 8.65. The molecule has 20 heavy (non-hydrogen) atoms. The summed E-state index contributed by atoms with van der Waals surface area (Å²) in [4.78, 5) is 11.2. The first kappa shape index (κ1) is 15.5. The molecule has 2 aliphatic rings. The van der Waals surface area contributed by atoms with Gasteiger partial charge >= 0.3 is 16.3 Å². The second-order valence-corrected chi connectivity index (χ2v) is 6.94. The molecule has 2 saturated heterocycles. The van der Waals surface area contributed by atoms with Crippen molar-refractivity contribution < 1.29 is 17.9 Å². The van der Waals surface area contributed by atoms with Crippen molar-refractivity contribution in [1.29, 1.82) is 0 Å². The van der Waals surface area contributed by atoms with Crippen molar-refractivity contribution in [3.8, 4) is 0 Å². The molecule has 1 amide bonds. The summed E-state index contributed by atoms with van der Waals surface area (Å²) in [5.41, 5.74) is 0. The van der Waals surface area contributed by atoms with E-state index in [1.165, 1.54) is 17.1 Å². The van der Waals surface area contributed by atoms with E-state index in [1.54, 1.807) is 6.92 Å². The number of hydrogen-bond donors (Lipinski definition) is 2. The van der Waals surface area contributed by atoms with Crippen molar-refractivity contribution >= 4 is 16.3 Å². The lowest BCUT2D eigenvalue weighted by Crippen LogP contribution is -2.49. The van der Waals surface area contributed by atoms with Crippen LogP contribution in [0.1, 0.15) is 32.6 Å². The van der Waals surface area contributed by atoms with Crippen LogP contribution < -0.4 is 10.0 Å². The van der Waals surface area contributed by atoms with E-state index in [0.717, 1.165) is 19.4 Å². The van der Waals surface area contributed by atoms with Crippen molar-refractivity contribution in [2.24, 2.45) is 5.92 Å². The Morgan fingerprint density at radius 2 is 2.05 bits per heavy atom. The third-order valence-electron chi connectivity index (χ3n) is 3.99. The average Bonchev–Trinajstić information content (AvgIpc) is 2.92. The maximum absolute atomic E-state index is 12.0. The molecular formula is C12H23N3O4S.